The molecule has 0 aliphatic carbocycles. The summed E-state index contributed by atoms with van der Waals surface area (Å²) in [5.41, 5.74) is -1.03. The lowest BCUT2D eigenvalue weighted by Crippen LogP contribution is -2.04. The first-order chi connectivity index (χ1) is 10.5. The maximum atomic E-state index is 14.1. The van der Waals surface area contributed by atoms with E-state index in [1.165, 1.54) is 32.4 Å². The van der Waals surface area contributed by atoms with Crippen LogP contribution in [0.4, 0.5) is 17.6 Å². The Balaban J connectivity index is 2.78. The smallest absolute Gasteiger partial charge is 0.204 e. The van der Waals surface area contributed by atoms with Crippen LogP contribution in [-0.4, -0.2) is 21.3 Å². The summed E-state index contributed by atoms with van der Waals surface area (Å²) < 4.78 is 70.1. The molecule has 0 radical (unpaired) electrons. The lowest BCUT2D eigenvalue weighted by Gasteiger charge is -2.14. The Morgan fingerprint density at radius 3 is 1.77 bits per heavy atom. The zero-order valence-corrected chi connectivity index (χ0v) is 12.0. The number of hydrogen-bond donors (Lipinski definition) is 0. The molecule has 22 heavy (non-hydrogen) atoms. The van der Waals surface area contributed by atoms with Crippen LogP contribution in [-0.2, 0) is 0 Å². The van der Waals surface area contributed by atoms with Crippen LogP contribution in [0, 0.1) is 23.3 Å². The van der Waals surface area contributed by atoms with E-state index in [0.717, 1.165) is 7.11 Å². The summed E-state index contributed by atoms with van der Waals surface area (Å²) in [7, 11) is 3.56. The van der Waals surface area contributed by atoms with Crippen molar-refractivity contribution in [3.8, 4) is 28.4 Å². The third kappa shape index (κ3) is 2.43. The van der Waals surface area contributed by atoms with Gasteiger partial charge in [0, 0.05) is 11.6 Å². The fraction of sp³-hybridized carbons (Fsp3) is 0.200. The highest BCUT2D eigenvalue weighted by atomic mass is 19.2. The van der Waals surface area contributed by atoms with Gasteiger partial charge in [0.2, 0.25) is 11.6 Å². The molecule has 0 aliphatic rings. The number of halogens is 4. The van der Waals surface area contributed by atoms with Gasteiger partial charge in [-0.1, -0.05) is 0 Å². The van der Waals surface area contributed by atoms with Crippen molar-refractivity contribution in [2.75, 3.05) is 21.3 Å². The van der Waals surface area contributed by atoms with Crippen LogP contribution < -0.4 is 14.2 Å². The summed E-state index contributed by atoms with van der Waals surface area (Å²) in [4.78, 5) is 0. The van der Waals surface area contributed by atoms with Gasteiger partial charge in [-0.25, -0.2) is 8.78 Å². The number of ether oxygens (including phenoxy) is 3. The highest BCUT2D eigenvalue weighted by molar-refractivity contribution is 5.73. The second-order valence-electron chi connectivity index (χ2n) is 4.23. The van der Waals surface area contributed by atoms with E-state index in [1.807, 2.05) is 0 Å². The van der Waals surface area contributed by atoms with E-state index < -0.39 is 34.6 Å². The average Bonchev–Trinajstić information content (AvgIpc) is 2.54. The molecule has 3 nitrogen and oxygen atoms in total. The molecule has 0 spiro atoms. The predicted molar refractivity (Wildman–Crippen MR) is 71.4 cm³/mol. The maximum absolute atomic E-state index is 14.1. The van der Waals surface area contributed by atoms with Crippen LogP contribution in [0.5, 0.6) is 17.2 Å². The minimum absolute atomic E-state index is 0.00103. The largest absolute Gasteiger partial charge is 0.497 e. The normalized spacial score (nSPS) is 10.5. The van der Waals surface area contributed by atoms with Crippen molar-refractivity contribution >= 4 is 0 Å². The highest BCUT2D eigenvalue weighted by Gasteiger charge is 2.28. The molecular formula is C15H12F4O3. The van der Waals surface area contributed by atoms with Crippen LogP contribution in [0.15, 0.2) is 18.2 Å². The predicted octanol–water partition coefficient (Wildman–Crippen LogP) is 3.94. The maximum Gasteiger partial charge on any atom is 0.204 e. The summed E-state index contributed by atoms with van der Waals surface area (Å²) >= 11 is 0. The lowest BCUT2D eigenvalue weighted by atomic mass is 10.0. The molecule has 2 rings (SSSR count). The van der Waals surface area contributed by atoms with Crippen molar-refractivity contribution in [2.24, 2.45) is 0 Å². The van der Waals surface area contributed by atoms with Crippen molar-refractivity contribution < 1.29 is 31.8 Å². The molecule has 0 atom stereocenters. The molecule has 0 N–H and O–H groups in total. The number of rotatable bonds is 4. The fourth-order valence-electron chi connectivity index (χ4n) is 2.03. The Kier molecular flexibility index (Phi) is 4.44. The lowest BCUT2D eigenvalue weighted by molar-refractivity contribution is 0.333. The van der Waals surface area contributed by atoms with E-state index in [9.17, 15) is 17.6 Å². The Hall–Kier alpha value is -2.44. The number of hydrogen-bond acceptors (Lipinski definition) is 3. The van der Waals surface area contributed by atoms with Crippen molar-refractivity contribution in [1.82, 2.24) is 0 Å². The second kappa shape index (κ2) is 6.13. The molecule has 2 aromatic carbocycles. The van der Waals surface area contributed by atoms with Gasteiger partial charge in [0.1, 0.15) is 11.5 Å². The van der Waals surface area contributed by atoms with E-state index in [0.29, 0.717) is 5.75 Å². The summed E-state index contributed by atoms with van der Waals surface area (Å²) in [6.45, 7) is 0. The summed E-state index contributed by atoms with van der Waals surface area (Å²) in [6.07, 6.45) is 0. The van der Waals surface area contributed by atoms with Crippen molar-refractivity contribution in [2.45, 2.75) is 0 Å². The molecule has 2 aromatic rings. The van der Waals surface area contributed by atoms with Crippen LogP contribution in [0.1, 0.15) is 0 Å². The van der Waals surface area contributed by atoms with E-state index in [1.54, 1.807) is 0 Å². The van der Waals surface area contributed by atoms with Crippen LogP contribution in [0.3, 0.4) is 0 Å². The van der Waals surface area contributed by atoms with Gasteiger partial charge in [-0.3, -0.25) is 0 Å². The Morgan fingerprint density at radius 2 is 1.32 bits per heavy atom. The van der Waals surface area contributed by atoms with E-state index in [2.05, 4.69) is 4.74 Å². The van der Waals surface area contributed by atoms with Gasteiger partial charge in [0.05, 0.1) is 26.9 Å². The molecule has 0 saturated heterocycles. The topological polar surface area (TPSA) is 27.7 Å². The van der Waals surface area contributed by atoms with Crippen molar-refractivity contribution in [3.63, 3.8) is 0 Å². The van der Waals surface area contributed by atoms with Gasteiger partial charge in [-0.05, 0) is 12.1 Å². The van der Waals surface area contributed by atoms with Crippen LogP contribution >= 0.6 is 0 Å². The molecule has 0 amide bonds. The third-order valence-corrected chi connectivity index (χ3v) is 3.11. The zero-order valence-electron chi connectivity index (χ0n) is 12.0. The molecule has 118 valence electrons. The molecule has 0 fully saturated rings. The Bertz CT molecular complexity index is 687. The number of benzene rings is 2. The molecule has 0 saturated carbocycles. The first-order valence-corrected chi connectivity index (χ1v) is 6.08. The van der Waals surface area contributed by atoms with Gasteiger partial charge in [0.15, 0.2) is 17.4 Å². The van der Waals surface area contributed by atoms with E-state index in [4.69, 9.17) is 9.47 Å². The van der Waals surface area contributed by atoms with Crippen molar-refractivity contribution in [1.29, 1.82) is 0 Å². The SMILES string of the molecule is COc1ccc(-c2c(F)c(F)c(OC)c(F)c2F)c(OC)c1. The molecular weight excluding hydrogens is 304 g/mol. The average molecular weight is 316 g/mol. The molecule has 0 unspecified atom stereocenters. The van der Waals surface area contributed by atoms with Gasteiger partial charge in [0.25, 0.3) is 0 Å². The molecule has 0 bridgehead atoms. The van der Waals surface area contributed by atoms with E-state index >= 15 is 0 Å². The van der Waals surface area contributed by atoms with Crippen molar-refractivity contribution in [3.05, 3.63) is 41.5 Å². The quantitative estimate of drug-likeness (QED) is 0.632. The zero-order chi connectivity index (χ0) is 16.4. The monoisotopic (exact) mass is 316 g/mol. The third-order valence-electron chi connectivity index (χ3n) is 3.11. The van der Waals surface area contributed by atoms with Crippen LogP contribution in [0.25, 0.3) is 11.1 Å². The van der Waals surface area contributed by atoms with Gasteiger partial charge < -0.3 is 14.2 Å². The van der Waals surface area contributed by atoms with Gasteiger partial charge in [-0.15, -0.1) is 0 Å². The van der Waals surface area contributed by atoms with Gasteiger partial charge in [-0.2, -0.15) is 8.78 Å². The Morgan fingerprint density at radius 1 is 0.727 bits per heavy atom. The minimum atomic E-state index is -1.62. The fourth-order valence-corrected chi connectivity index (χ4v) is 2.03. The molecule has 0 aliphatic heterocycles. The first-order valence-electron chi connectivity index (χ1n) is 6.08. The summed E-state index contributed by atoms with van der Waals surface area (Å²) in [6, 6.07) is 3.97. The van der Waals surface area contributed by atoms with Crippen LogP contribution in [0.2, 0.25) is 0 Å². The minimum Gasteiger partial charge on any atom is -0.497 e. The molecule has 0 aromatic heterocycles. The first kappa shape index (κ1) is 15.9. The summed E-state index contributed by atoms with van der Waals surface area (Å²) in [5, 5.41) is 0. The standard InChI is InChI=1S/C15H12F4O3/c1-20-7-4-5-8(9(6-7)21-2)10-11(16)13(18)15(22-3)14(19)12(10)17/h4-6H,1-3H3. The summed E-state index contributed by atoms with van der Waals surface area (Å²) in [5.74, 6) is -7.13. The van der Waals surface area contributed by atoms with Gasteiger partial charge >= 0.3 is 0 Å². The van der Waals surface area contributed by atoms with E-state index in [-0.39, 0.29) is 11.3 Å². The molecule has 0 heterocycles. The Labute approximate surface area is 124 Å². The highest BCUT2D eigenvalue weighted by Crippen LogP contribution is 2.40. The second-order valence-corrected chi connectivity index (χ2v) is 4.23. The molecule has 7 heteroatoms. The number of methoxy groups -OCH3 is 3.